The quantitative estimate of drug-likeness (QED) is 0.764. The van der Waals surface area contributed by atoms with E-state index in [2.05, 4.69) is 26.6 Å². The van der Waals surface area contributed by atoms with Gasteiger partial charge >= 0.3 is 0 Å². The molecule has 21 heavy (non-hydrogen) atoms. The molecule has 2 N–H and O–H groups in total. The summed E-state index contributed by atoms with van der Waals surface area (Å²) in [6.07, 6.45) is 0. The van der Waals surface area contributed by atoms with Gasteiger partial charge in [-0.1, -0.05) is 39.1 Å². The molecule has 0 aromatic heterocycles. The molecule has 3 nitrogen and oxygen atoms in total. The number of nitrogens with one attached hydrogen (secondary N) is 2. The molecule has 0 saturated heterocycles. The first-order valence-corrected chi connectivity index (χ1v) is 7.75. The molecule has 1 amide bonds. The van der Waals surface area contributed by atoms with Gasteiger partial charge in [0.05, 0.1) is 17.3 Å². The van der Waals surface area contributed by atoms with Gasteiger partial charge in [-0.3, -0.25) is 4.79 Å². The Kier molecular flexibility index (Phi) is 5.51. The number of halogens is 3. The molecule has 2 aromatic rings. The van der Waals surface area contributed by atoms with Crippen LogP contribution in [0.1, 0.15) is 5.56 Å². The van der Waals surface area contributed by atoms with Crippen LogP contribution in [0.25, 0.3) is 0 Å². The minimum absolute atomic E-state index is 0.106. The van der Waals surface area contributed by atoms with Gasteiger partial charge < -0.3 is 10.6 Å². The Hall–Kier alpha value is -1.23. The molecule has 0 bridgehead atoms. The number of rotatable bonds is 4. The molecule has 0 saturated carbocycles. The van der Waals surface area contributed by atoms with Gasteiger partial charge in [0.2, 0.25) is 5.91 Å². The van der Waals surface area contributed by atoms with E-state index in [1.165, 1.54) is 0 Å². The fourth-order valence-corrected chi connectivity index (χ4v) is 2.34. The molecule has 0 unspecified atom stereocenters. The fraction of sp³-hybridized carbons (Fsp3) is 0.133. The summed E-state index contributed by atoms with van der Waals surface area (Å²) in [7, 11) is 0. The second-order valence-corrected chi connectivity index (χ2v) is 6.19. The third-order valence-electron chi connectivity index (χ3n) is 2.81. The molecule has 0 radical (unpaired) electrons. The molecule has 0 spiro atoms. The summed E-state index contributed by atoms with van der Waals surface area (Å²) in [6.45, 7) is 2.07. The highest BCUT2D eigenvalue weighted by molar-refractivity contribution is 9.10. The van der Waals surface area contributed by atoms with Gasteiger partial charge in [0.15, 0.2) is 0 Å². The molecule has 0 aliphatic heterocycles. The van der Waals surface area contributed by atoms with E-state index in [0.717, 1.165) is 15.7 Å². The van der Waals surface area contributed by atoms with Gasteiger partial charge in [-0.2, -0.15) is 0 Å². The van der Waals surface area contributed by atoms with Crippen molar-refractivity contribution in [2.24, 2.45) is 0 Å². The molecular weight excluding hydrogens is 375 g/mol. The van der Waals surface area contributed by atoms with E-state index in [4.69, 9.17) is 23.2 Å². The SMILES string of the molecule is Cc1cc(NC(=O)CNc2cc(Cl)ccc2Cl)ccc1Br. The fourth-order valence-electron chi connectivity index (χ4n) is 1.74. The van der Waals surface area contributed by atoms with E-state index >= 15 is 0 Å². The van der Waals surface area contributed by atoms with Crippen molar-refractivity contribution in [3.05, 3.63) is 56.5 Å². The summed E-state index contributed by atoms with van der Waals surface area (Å²) in [5.74, 6) is -0.159. The molecule has 110 valence electrons. The Morgan fingerprint density at radius 1 is 1.19 bits per heavy atom. The normalized spacial score (nSPS) is 10.3. The average Bonchev–Trinajstić information content (AvgIpc) is 2.44. The molecule has 0 atom stereocenters. The maximum atomic E-state index is 11.9. The largest absolute Gasteiger partial charge is 0.375 e. The highest BCUT2D eigenvalue weighted by Crippen LogP contribution is 2.25. The predicted octanol–water partition coefficient (Wildman–Crippen LogP) is 5.11. The number of hydrogen-bond acceptors (Lipinski definition) is 2. The molecule has 0 heterocycles. The van der Waals surface area contributed by atoms with Gasteiger partial charge in [0.25, 0.3) is 0 Å². The van der Waals surface area contributed by atoms with E-state index < -0.39 is 0 Å². The number of hydrogen-bond donors (Lipinski definition) is 2. The van der Waals surface area contributed by atoms with Crippen LogP contribution in [0.3, 0.4) is 0 Å². The van der Waals surface area contributed by atoms with Gasteiger partial charge in [-0.25, -0.2) is 0 Å². The van der Waals surface area contributed by atoms with Crippen LogP contribution >= 0.6 is 39.1 Å². The molecule has 0 aliphatic rings. The van der Waals surface area contributed by atoms with Crippen LogP contribution < -0.4 is 10.6 Å². The summed E-state index contributed by atoms with van der Waals surface area (Å²) in [6, 6.07) is 10.7. The highest BCUT2D eigenvalue weighted by Gasteiger charge is 2.06. The second kappa shape index (κ2) is 7.16. The molecule has 2 rings (SSSR count). The van der Waals surface area contributed by atoms with Crippen LogP contribution in [0.4, 0.5) is 11.4 Å². The smallest absolute Gasteiger partial charge is 0.243 e. The summed E-state index contributed by atoms with van der Waals surface area (Å²) >= 11 is 15.3. The zero-order chi connectivity index (χ0) is 15.4. The molecule has 6 heteroatoms. The number of anilines is 2. The molecule has 2 aromatic carbocycles. The van der Waals surface area contributed by atoms with Crippen molar-refractivity contribution in [3.63, 3.8) is 0 Å². The summed E-state index contributed by atoms with van der Waals surface area (Å²) < 4.78 is 1.00. The topological polar surface area (TPSA) is 41.1 Å². The summed E-state index contributed by atoms with van der Waals surface area (Å²) in [4.78, 5) is 11.9. The van der Waals surface area contributed by atoms with Gasteiger partial charge in [0, 0.05) is 15.2 Å². The number of aryl methyl sites for hydroxylation is 1. The van der Waals surface area contributed by atoms with Crippen molar-refractivity contribution in [2.45, 2.75) is 6.92 Å². The van der Waals surface area contributed by atoms with E-state index in [0.29, 0.717) is 15.7 Å². The van der Waals surface area contributed by atoms with Gasteiger partial charge in [-0.05, 0) is 48.9 Å². The number of carbonyl (C=O) groups is 1. The van der Waals surface area contributed by atoms with Gasteiger partial charge in [0.1, 0.15) is 0 Å². The van der Waals surface area contributed by atoms with Crippen LogP contribution in [0, 0.1) is 6.92 Å². The Bertz CT molecular complexity index is 677. The Balaban J connectivity index is 1.95. The number of carbonyl (C=O) groups excluding carboxylic acids is 1. The molecular formula is C15H13BrCl2N2O. The van der Waals surface area contributed by atoms with Crippen LogP contribution in [-0.2, 0) is 4.79 Å². The average molecular weight is 388 g/mol. The van der Waals surface area contributed by atoms with Crippen LogP contribution in [0.5, 0.6) is 0 Å². The van der Waals surface area contributed by atoms with Crippen molar-refractivity contribution in [1.29, 1.82) is 0 Å². The van der Waals surface area contributed by atoms with Gasteiger partial charge in [-0.15, -0.1) is 0 Å². The second-order valence-electron chi connectivity index (χ2n) is 4.49. The monoisotopic (exact) mass is 386 g/mol. The third-order valence-corrected chi connectivity index (χ3v) is 4.26. The lowest BCUT2D eigenvalue weighted by Crippen LogP contribution is -2.21. The summed E-state index contributed by atoms with van der Waals surface area (Å²) in [5.41, 5.74) is 2.43. The number of amides is 1. The van der Waals surface area contributed by atoms with Crippen LogP contribution in [-0.4, -0.2) is 12.5 Å². The van der Waals surface area contributed by atoms with E-state index in [1.807, 2.05) is 25.1 Å². The zero-order valence-electron chi connectivity index (χ0n) is 11.2. The zero-order valence-corrected chi connectivity index (χ0v) is 14.3. The van der Waals surface area contributed by atoms with Crippen molar-refractivity contribution in [2.75, 3.05) is 17.2 Å². The van der Waals surface area contributed by atoms with Crippen molar-refractivity contribution in [3.8, 4) is 0 Å². The maximum absolute atomic E-state index is 11.9. The van der Waals surface area contributed by atoms with Crippen LogP contribution in [0.2, 0.25) is 10.0 Å². The van der Waals surface area contributed by atoms with Crippen molar-refractivity contribution >= 4 is 56.4 Å². The van der Waals surface area contributed by atoms with Crippen LogP contribution in [0.15, 0.2) is 40.9 Å². The highest BCUT2D eigenvalue weighted by atomic mass is 79.9. The lowest BCUT2D eigenvalue weighted by molar-refractivity contribution is -0.114. The van der Waals surface area contributed by atoms with Crippen molar-refractivity contribution < 1.29 is 4.79 Å². The standard InChI is InChI=1S/C15H13BrCl2N2O/c1-9-6-11(3-4-12(9)16)20-15(21)8-19-14-7-10(17)2-5-13(14)18/h2-7,19H,8H2,1H3,(H,20,21). The maximum Gasteiger partial charge on any atom is 0.243 e. The lowest BCUT2D eigenvalue weighted by atomic mass is 10.2. The first kappa shape index (κ1) is 16.1. The van der Waals surface area contributed by atoms with E-state index in [1.54, 1.807) is 18.2 Å². The Labute approximate surface area is 141 Å². The summed E-state index contributed by atoms with van der Waals surface area (Å²) in [5, 5.41) is 6.86. The number of benzene rings is 2. The Morgan fingerprint density at radius 3 is 2.67 bits per heavy atom. The third kappa shape index (κ3) is 4.63. The molecule has 0 fully saturated rings. The minimum Gasteiger partial charge on any atom is -0.375 e. The minimum atomic E-state index is -0.159. The predicted molar refractivity (Wildman–Crippen MR) is 92.5 cm³/mol. The first-order chi connectivity index (χ1) is 9.95. The van der Waals surface area contributed by atoms with Crippen molar-refractivity contribution in [1.82, 2.24) is 0 Å². The van der Waals surface area contributed by atoms with E-state index in [-0.39, 0.29) is 12.5 Å². The first-order valence-electron chi connectivity index (χ1n) is 6.20. The van der Waals surface area contributed by atoms with E-state index in [9.17, 15) is 4.79 Å². The molecule has 0 aliphatic carbocycles. The Morgan fingerprint density at radius 2 is 1.95 bits per heavy atom. The lowest BCUT2D eigenvalue weighted by Gasteiger charge is -2.10.